The van der Waals surface area contributed by atoms with Gasteiger partial charge in [0.1, 0.15) is 0 Å². The van der Waals surface area contributed by atoms with Crippen LogP contribution in [0.15, 0.2) is 0 Å². The molecule has 0 aromatic carbocycles. The Balaban J connectivity index is 0.000000360. The summed E-state index contributed by atoms with van der Waals surface area (Å²) in [4.78, 5) is 0. The Morgan fingerprint density at radius 2 is 2.29 bits per heavy atom. The zero-order valence-corrected chi connectivity index (χ0v) is 4.70. The second-order valence-electron chi connectivity index (χ2n) is 0.770. The van der Waals surface area contributed by atoms with Gasteiger partial charge in [-0.25, -0.2) is 0 Å². The molecule has 0 aliphatic carbocycles. The van der Waals surface area contributed by atoms with E-state index in [0.717, 1.165) is 0 Å². The van der Waals surface area contributed by atoms with Gasteiger partial charge in [-0.1, -0.05) is 5.10 Å². The molecule has 1 aromatic rings. The van der Waals surface area contributed by atoms with Crippen LogP contribution >= 0.6 is 0 Å². The van der Waals surface area contributed by atoms with E-state index in [-0.39, 0.29) is 28.3 Å². The van der Waals surface area contributed by atoms with E-state index in [1.807, 2.05) is 0 Å². The number of rotatable bonds is 0. The van der Waals surface area contributed by atoms with E-state index in [2.05, 4.69) is 20.6 Å². The molecule has 0 spiro atoms. The summed E-state index contributed by atoms with van der Waals surface area (Å²) in [5.41, 5.74) is 4.96. The first-order valence-electron chi connectivity index (χ1n) is 1.38. The van der Waals surface area contributed by atoms with Gasteiger partial charge in [-0.05, 0) is 5.21 Å². The number of nitrogen functional groups attached to an aromatic ring is 1. The Kier molecular flexibility index (Phi) is 2.58. The zero-order valence-electron chi connectivity index (χ0n) is 3.22. The molecule has 7 heavy (non-hydrogen) atoms. The summed E-state index contributed by atoms with van der Waals surface area (Å²) in [6.45, 7) is 0. The maximum atomic E-state index is 4.96. The molecule has 1 rings (SSSR count). The summed E-state index contributed by atoms with van der Waals surface area (Å²) in [5, 5.41) is 12.0. The second kappa shape index (κ2) is 2.73. The van der Waals surface area contributed by atoms with Gasteiger partial charge in [-0.2, -0.15) is 5.21 Å². The van der Waals surface area contributed by atoms with Crippen molar-refractivity contribution in [2.75, 3.05) is 5.73 Å². The third-order valence-corrected chi connectivity index (χ3v) is 0.362. The van der Waals surface area contributed by atoms with Crippen molar-refractivity contribution < 1.29 is 22.4 Å². The normalized spacial score (nSPS) is 7.43. The van der Waals surface area contributed by atoms with Gasteiger partial charge in [-0.3, -0.25) is 0 Å². The molecular formula is CH3AgN5. The van der Waals surface area contributed by atoms with Gasteiger partial charge in [0.25, 0.3) is 5.95 Å². The summed E-state index contributed by atoms with van der Waals surface area (Å²) in [6, 6.07) is 0. The fourth-order valence-electron chi connectivity index (χ4n) is 0.170. The van der Waals surface area contributed by atoms with Crippen molar-refractivity contribution in [2.45, 2.75) is 0 Å². The van der Waals surface area contributed by atoms with Crippen LogP contribution in [0.3, 0.4) is 0 Å². The van der Waals surface area contributed by atoms with Gasteiger partial charge in [0, 0.05) is 22.4 Å². The van der Waals surface area contributed by atoms with E-state index < -0.39 is 0 Å². The quantitative estimate of drug-likeness (QED) is 0.506. The predicted molar refractivity (Wildman–Crippen MR) is 18.6 cm³/mol. The van der Waals surface area contributed by atoms with Crippen LogP contribution in [0.5, 0.6) is 0 Å². The summed E-state index contributed by atoms with van der Waals surface area (Å²) in [5.74, 6) is 0.176. The van der Waals surface area contributed by atoms with E-state index in [4.69, 9.17) is 5.73 Å². The number of nitrogens with one attached hydrogen (secondary N) is 1. The molecule has 0 bridgehead atoms. The first-order valence-corrected chi connectivity index (χ1v) is 1.38. The number of aromatic nitrogens is 4. The van der Waals surface area contributed by atoms with Crippen LogP contribution in [-0.4, -0.2) is 20.6 Å². The third-order valence-electron chi connectivity index (χ3n) is 0.362. The van der Waals surface area contributed by atoms with Crippen LogP contribution in [0.2, 0.25) is 0 Å². The van der Waals surface area contributed by atoms with Crippen LogP contribution in [0.4, 0.5) is 5.95 Å². The average Bonchev–Trinajstić information content (AvgIpc) is 1.86. The molecule has 0 fully saturated rings. The molecule has 0 amide bonds. The number of tetrazole rings is 1. The number of hydrogen-bond donors (Lipinski definition) is 2. The molecule has 0 atom stereocenters. The van der Waals surface area contributed by atoms with Gasteiger partial charge in [0.2, 0.25) is 0 Å². The molecule has 43 valence electrons. The number of nitrogens with two attached hydrogens (primary N) is 1. The SMILES string of the molecule is Nc1nn[nH]n1.[Ag]. The first kappa shape index (κ1) is 6.61. The molecule has 0 saturated carbocycles. The Hall–Kier alpha value is -0.390. The number of nitrogens with zero attached hydrogens (tertiary/aromatic N) is 3. The van der Waals surface area contributed by atoms with Crippen LogP contribution in [0, 0.1) is 0 Å². The molecule has 3 N–H and O–H groups in total. The number of H-pyrrole nitrogens is 1. The number of hydrogen-bond acceptors (Lipinski definition) is 4. The molecule has 1 heterocycles. The topological polar surface area (TPSA) is 80.5 Å². The smallest absolute Gasteiger partial charge is 0.260 e. The van der Waals surface area contributed by atoms with Gasteiger partial charge in [0.15, 0.2) is 0 Å². The molecule has 0 saturated heterocycles. The first-order chi connectivity index (χ1) is 2.89. The molecule has 6 heteroatoms. The van der Waals surface area contributed by atoms with Gasteiger partial charge in [0.05, 0.1) is 0 Å². The molecule has 1 aromatic heterocycles. The maximum Gasteiger partial charge on any atom is 0.260 e. The maximum absolute atomic E-state index is 4.96. The Morgan fingerprint density at radius 1 is 1.57 bits per heavy atom. The Morgan fingerprint density at radius 3 is 2.43 bits per heavy atom. The van der Waals surface area contributed by atoms with Crippen molar-refractivity contribution in [1.82, 2.24) is 20.6 Å². The molecule has 0 aliphatic rings. The van der Waals surface area contributed by atoms with Crippen molar-refractivity contribution in [2.24, 2.45) is 0 Å². The van der Waals surface area contributed by atoms with Crippen molar-refractivity contribution in [3.63, 3.8) is 0 Å². The summed E-state index contributed by atoms with van der Waals surface area (Å²) in [7, 11) is 0. The third kappa shape index (κ3) is 1.67. The number of anilines is 1. The van der Waals surface area contributed by atoms with Gasteiger partial charge in [-0.15, -0.1) is 5.10 Å². The fourth-order valence-corrected chi connectivity index (χ4v) is 0.170. The largest absolute Gasteiger partial charge is 0.365 e. The summed E-state index contributed by atoms with van der Waals surface area (Å²) >= 11 is 0. The van der Waals surface area contributed by atoms with E-state index in [0.29, 0.717) is 0 Å². The van der Waals surface area contributed by atoms with Gasteiger partial charge < -0.3 is 5.73 Å². The zero-order chi connectivity index (χ0) is 4.41. The van der Waals surface area contributed by atoms with E-state index in [1.54, 1.807) is 0 Å². The standard InChI is InChI=1S/CH3N5.Ag/c2-1-3-5-6-4-1;/h(H3,2,3,4,5,6);. The van der Waals surface area contributed by atoms with E-state index in [1.165, 1.54) is 0 Å². The van der Waals surface area contributed by atoms with E-state index in [9.17, 15) is 0 Å². The van der Waals surface area contributed by atoms with Crippen molar-refractivity contribution in [3.8, 4) is 0 Å². The molecule has 5 nitrogen and oxygen atoms in total. The minimum Gasteiger partial charge on any atom is -0.365 e. The number of aromatic amines is 1. The molecule has 0 aliphatic heterocycles. The Bertz CT molecular complexity index is 112. The molecular weight excluding hydrogens is 190 g/mol. The van der Waals surface area contributed by atoms with Crippen molar-refractivity contribution in [3.05, 3.63) is 0 Å². The Labute approximate surface area is 55.2 Å². The summed E-state index contributed by atoms with van der Waals surface area (Å²) in [6.07, 6.45) is 0. The van der Waals surface area contributed by atoms with Crippen LogP contribution < -0.4 is 5.73 Å². The van der Waals surface area contributed by atoms with Gasteiger partial charge >= 0.3 is 0 Å². The fraction of sp³-hybridized carbons (Fsp3) is 0. The summed E-state index contributed by atoms with van der Waals surface area (Å²) < 4.78 is 0. The average molecular weight is 193 g/mol. The minimum absolute atomic E-state index is 0. The van der Waals surface area contributed by atoms with Crippen LogP contribution in [0.1, 0.15) is 0 Å². The second-order valence-corrected chi connectivity index (χ2v) is 0.770. The predicted octanol–water partition coefficient (Wildman–Crippen LogP) is -1.22. The van der Waals surface area contributed by atoms with Crippen molar-refractivity contribution in [1.29, 1.82) is 0 Å². The minimum atomic E-state index is 0. The van der Waals surface area contributed by atoms with Crippen molar-refractivity contribution >= 4 is 5.95 Å². The monoisotopic (exact) mass is 192 g/mol. The molecule has 1 radical (unpaired) electrons. The van der Waals surface area contributed by atoms with Crippen LogP contribution in [0.25, 0.3) is 0 Å². The van der Waals surface area contributed by atoms with E-state index >= 15 is 0 Å². The molecule has 0 unspecified atom stereocenters. The van der Waals surface area contributed by atoms with Crippen LogP contribution in [-0.2, 0) is 22.4 Å².